The minimum atomic E-state index is -1.000. The summed E-state index contributed by atoms with van der Waals surface area (Å²) in [6.45, 7) is 6.72. The van der Waals surface area contributed by atoms with Crippen LogP contribution < -0.4 is 15.1 Å². The van der Waals surface area contributed by atoms with Crippen LogP contribution in [0.5, 0.6) is 0 Å². The molecule has 0 spiro atoms. The van der Waals surface area contributed by atoms with Gasteiger partial charge in [-0.15, -0.1) is 0 Å². The maximum absolute atomic E-state index is 11.7. The summed E-state index contributed by atoms with van der Waals surface area (Å²) < 4.78 is 0. The number of aromatic carboxylic acids is 1. The first-order valence-corrected chi connectivity index (χ1v) is 12.7. The molecule has 0 amide bonds. The Morgan fingerprint density at radius 1 is 0.974 bits per heavy atom. The lowest BCUT2D eigenvalue weighted by atomic mass is 10.0. The first kappa shape index (κ1) is 25.5. The van der Waals surface area contributed by atoms with Gasteiger partial charge in [0.05, 0.1) is 34.3 Å². The summed E-state index contributed by atoms with van der Waals surface area (Å²) in [6.07, 6.45) is 0. The van der Waals surface area contributed by atoms with Gasteiger partial charge >= 0.3 is 5.97 Å². The number of hydrogen-bond donors (Lipinski definition) is 2. The number of carboxylic acids is 1. The molecule has 1 aliphatic heterocycles. The number of para-hydroxylation sites is 1. The van der Waals surface area contributed by atoms with Crippen molar-refractivity contribution in [2.45, 2.75) is 19.9 Å². The second-order valence-corrected chi connectivity index (χ2v) is 9.58. The molecule has 5 rings (SSSR count). The molecule has 9 heteroatoms. The minimum Gasteiger partial charge on any atom is -0.478 e. The van der Waals surface area contributed by atoms with Crippen molar-refractivity contribution in [2.24, 2.45) is 0 Å². The molecular formula is C30H27N7O2. The molecule has 0 aliphatic carbocycles. The van der Waals surface area contributed by atoms with Gasteiger partial charge in [-0.2, -0.15) is 10.5 Å². The van der Waals surface area contributed by atoms with Gasteiger partial charge in [-0.1, -0.05) is 18.2 Å². The Morgan fingerprint density at radius 2 is 1.67 bits per heavy atom. The van der Waals surface area contributed by atoms with E-state index in [1.165, 1.54) is 0 Å². The zero-order valence-electron chi connectivity index (χ0n) is 21.7. The van der Waals surface area contributed by atoms with Crippen LogP contribution in [-0.4, -0.2) is 47.2 Å². The van der Waals surface area contributed by atoms with Gasteiger partial charge in [-0.05, 0) is 61.9 Å². The van der Waals surface area contributed by atoms with Crippen LogP contribution in [0.4, 0.5) is 17.2 Å². The third-order valence-electron chi connectivity index (χ3n) is 6.97. The van der Waals surface area contributed by atoms with Gasteiger partial charge in [-0.3, -0.25) is 0 Å². The van der Waals surface area contributed by atoms with Crippen molar-refractivity contribution in [2.75, 3.05) is 41.3 Å². The highest BCUT2D eigenvalue weighted by Gasteiger charge is 2.24. The molecule has 2 N–H and O–H groups in total. The lowest BCUT2D eigenvalue weighted by Gasteiger charge is -2.37. The van der Waals surface area contributed by atoms with Crippen LogP contribution in [0.25, 0.3) is 11.0 Å². The van der Waals surface area contributed by atoms with Gasteiger partial charge in [0.1, 0.15) is 6.07 Å². The number of benzene rings is 3. The van der Waals surface area contributed by atoms with Gasteiger partial charge in [-0.25, -0.2) is 14.8 Å². The molecule has 0 unspecified atom stereocenters. The summed E-state index contributed by atoms with van der Waals surface area (Å²) in [6, 6.07) is 22.4. The van der Waals surface area contributed by atoms with Crippen molar-refractivity contribution >= 4 is 34.2 Å². The molecule has 194 valence electrons. The minimum absolute atomic E-state index is 0.194. The van der Waals surface area contributed by atoms with E-state index in [1.807, 2.05) is 50.2 Å². The van der Waals surface area contributed by atoms with Gasteiger partial charge in [0.2, 0.25) is 0 Å². The summed E-state index contributed by atoms with van der Waals surface area (Å²) in [5.74, 6) is -0.451. The Hall–Kier alpha value is -5.15. The van der Waals surface area contributed by atoms with Gasteiger partial charge in [0.25, 0.3) is 0 Å². The largest absolute Gasteiger partial charge is 0.478 e. The smallest absolute Gasteiger partial charge is 0.337 e. The van der Waals surface area contributed by atoms with E-state index >= 15 is 0 Å². The van der Waals surface area contributed by atoms with Gasteiger partial charge in [0.15, 0.2) is 11.5 Å². The van der Waals surface area contributed by atoms with E-state index in [4.69, 9.17) is 15.2 Å². The normalized spacial score (nSPS) is 13.9. The van der Waals surface area contributed by atoms with Crippen LogP contribution in [0.15, 0.2) is 60.7 Å². The maximum atomic E-state index is 11.7. The summed E-state index contributed by atoms with van der Waals surface area (Å²) in [5, 5.41) is 31.9. The number of carbonyl (C=O) groups is 1. The number of fused-ring (bicyclic) bond motifs is 1. The molecule has 1 saturated heterocycles. The average Bonchev–Trinajstić information content (AvgIpc) is 2.96. The highest BCUT2D eigenvalue weighted by molar-refractivity contribution is 5.94. The third kappa shape index (κ3) is 5.16. The van der Waals surface area contributed by atoms with E-state index < -0.39 is 5.97 Å². The van der Waals surface area contributed by atoms with Crippen molar-refractivity contribution in [3.8, 4) is 12.1 Å². The zero-order valence-corrected chi connectivity index (χ0v) is 21.7. The van der Waals surface area contributed by atoms with E-state index in [9.17, 15) is 15.2 Å². The molecule has 0 bridgehead atoms. The number of nitrogens with zero attached hydrogens (tertiary/aromatic N) is 6. The summed E-state index contributed by atoms with van der Waals surface area (Å²) in [4.78, 5) is 25.7. The fourth-order valence-electron chi connectivity index (χ4n) is 4.98. The lowest BCUT2D eigenvalue weighted by Crippen LogP contribution is -2.47. The number of hydrogen-bond acceptors (Lipinski definition) is 8. The molecule has 1 aromatic heterocycles. The Morgan fingerprint density at radius 3 is 2.33 bits per heavy atom. The summed E-state index contributed by atoms with van der Waals surface area (Å²) in [5.41, 5.74) is 5.83. The number of rotatable bonds is 6. The van der Waals surface area contributed by atoms with Crippen LogP contribution in [-0.2, 0) is 0 Å². The molecule has 9 nitrogen and oxygen atoms in total. The van der Waals surface area contributed by atoms with Crippen LogP contribution in [0.2, 0.25) is 0 Å². The molecule has 3 aromatic carbocycles. The Kier molecular flexibility index (Phi) is 6.98. The molecule has 0 saturated carbocycles. The highest BCUT2D eigenvalue weighted by atomic mass is 16.4. The first-order chi connectivity index (χ1) is 18.9. The molecule has 1 aliphatic rings. The van der Waals surface area contributed by atoms with Gasteiger partial charge < -0.3 is 20.2 Å². The summed E-state index contributed by atoms with van der Waals surface area (Å²) in [7, 11) is 0. The lowest BCUT2D eigenvalue weighted by molar-refractivity contribution is 0.0698. The molecule has 1 atom stereocenters. The number of piperazine rings is 1. The Balaban J connectivity index is 1.46. The summed E-state index contributed by atoms with van der Waals surface area (Å²) >= 11 is 0. The number of carboxylic acid groups (broad SMARTS) is 1. The predicted molar refractivity (Wildman–Crippen MR) is 150 cm³/mol. The zero-order chi connectivity index (χ0) is 27.5. The van der Waals surface area contributed by atoms with E-state index in [0.717, 1.165) is 29.9 Å². The highest BCUT2D eigenvalue weighted by Crippen LogP contribution is 2.31. The van der Waals surface area contributed by atoms with Crippen molar-refractivity contribution in [3.05, 3.63) is 88.6 Å². The SMILES string of the molecule is Cc1cc([C@@H](C)Nc2ccccc2C(=O)O)c2nc(N3CCN(c4ccc(C#N)cc4)CC3)c(C#N)nc2c1. The number of aromatic nitrogens is 2. The van der Waals surface area contributed by atoms with Crippen LogP contribution in [0.3, 0.4) is 0 Å². The van der Waals surface area contributed by atoms with E-state index in [0.29, 0.717) is 41.2 Å². The van der Waals surface area contributed by atoms with Crippen molar-refractivity contribution < 1.29 is 9.90 Å². The van der Waals surface area contributed by atoms with Crippen molar-refractivity contribution in [1.82, 2.24) is 9.97 Å². The Bertz CT molecular complexity index is 1630. The number of nitriles is 2. The van der Waals surface area contributed by atoms with Crippen LogP contribution in [0, 0.1) is 29.6 Å². The molecular weight excluding hydrogens is 490 g/mol. The standard InChI is InChI=1S/C30H27N7O2/c1-19-15-24(20(2)33-25-6-4-3-5-23(25)30(38)39)28-26(16-19)34-27(18-32)29(35-28)37-13-11-36(12-14-37)22-9-7-21(17-31)8-10-22/h3-10,15-16,20,33H,11-14H2,1-2H3,(H,38,39)/t20-/m1/s1. The first-order valence-electron chi connectivity index (χ1n) is 12.7. The number of anilines is 3. The average molecular weight is 518 g/mol. The second kappa shape index (κ2) is 10.7. The molecule has 0 radical (unpaired) electrons. The van der Waals surface area contributed by atoms with E-state index in [2.05, 4.69) is 27.3 Å². The van der Waals surface area contributed by atoms with Crippen LogP contribution >= 0.6 is 0 Å². The molecule has 1 fully saturated rings. The Labute approximate surface area is 226 Å². The van der Waals surface area contributed by atoms with E-state index in [-0.39, 0.29) is 17.3 Å². The molecule has 2 heterocycles. The fourth-order valence-corrected chi connectivity index (χ4v) is 4.98. The van der Waals surface area contributed by atoms with E-state index in [1.54, 1.807) is 24.3 Å². The number of aryl methyl sites for hydroxylation is 1. The van der Waals surface area contributed by atoms with Gasteiger partial charge in [0, 0.05) is 43.1 Å². The fraction of sp³-hybridized carbons (Fsp3) is 0.233. The molecule has 4 aromatic rings. The quantitative estimate of drug-likeness (QED) is 0.367. The second-order valence-electron chi connectivity index (χ2n) is 9.58. The monoisotopic (exact) mass is 517 g/mol. The maximum Gasteiger partial charge on any atom is 0.337 e. The van der Waals surface area contributed by atoms with Crippen molar-refractivity contribution in [1.29, 1.82) is 10.5 Å². The van der Waals surface area contributed by atoms with Crippen LogP contribution in [0.1, 0.15) is 45.7 Å². The number of nitrogens with one attached hydrogen (secondary N) is 1. The molecule has 39 heavy (non-hydrogen) atoms. The topological polar surface area (TPSA) is 129 Å². The third-order valence-corrected chi connectivity index (χ3v) is 6.97. The predicted octanol–water partition coefficient (Wildman–Crippen LogP) is 4.88. The van der Waals surface area contributed by atoms with Crippen molar-refractivity contribution in [3.63, 3.8) is 0 Å².